The predicted octanol–water partition coefficient (Wildman–Crippen LogP) is 4.86. The van der Waals surface area contributed by atoms with Crippen LogP contribution in [0.1, 0.15) is 41.3 Å². The average molecular weight is 336 g/mol. The molecule has 0 saturated carbocycles. The third kappa shape index (κ3) is 6.20. The van der Waals surface area contributed by atoms with Gasteiger partial charge in [-0.05, 0) is 49.9 Å². The lowest BCUT2D eigenvalue weighted by atomic mass is 10.0. The zero-order chi connectivity index (χ0) is 18.1. The van der Waals surface area contributed by atoms with E-state index in [1.165, 1.54) is 5.56 Å². The minimum absolute atomic E-state index is 0.0267. The maximum Gasteiger partial charge on any atom is 0.185 e. The van der Waals surface area contributed by atoms with Crippen LogP contribution in [0.2, 0.25) is 0 Å². The van der Waals surface area contributed by atoms with Gasteiger partial charge in [0.05, 0.1) is 0 Å². The second-order valence-corrected chi connectivity index (χ2v) is 6.50. The van der Waals surface area contributed by atoms with E-state index >= 15 is 0 Å². The van der Waals surface area contributed by atoms with Crippen LogP contribution in [0.25, 0.3) is 6.08 Å². The molecule has 2 aromatic carbocycles. The van der Waals surface area contributed by atoms with Gasteiger partial charge in [-0.3, -0.25) is 4.79 Å². The third-order valence-corrected chi connectivity index (χ3v) is 3.96. The van der Waals surface area contributed by atoms with Gasteiger partial charge in [-0.15, -0.1) is 0 Å². The molecular formula is C22H28N2O. The number of carbonyl (C=O) groups is 1. The third-order valence-electron chi connectivity index (χ3n) is 3.96. The molecule has 0 aliphatic carbocycles. The highest BCUT2D eigenvalue weighted by Gasteiger charge is 2.04. The summed E-state index contributed by atoms with van der Waals surface area (Å²) in [7, 11) is 4.09. The lowest BCUT2D eigenvalue weighted by molar-refractivity contribution is 0.104. The van der Waals surface area contributed by atoms with Gasteiger partial charge >= 0.3 is 0 Å². The molecule has 0 atom stereocenters. The highest BCUT2D eigenvalue weighted by molar-refractivity contribution is 6.07. The summed E-state index contributed by atoms with van der Waals surface area (Å²) in [6, 6.07) is 15.9. The number of nitrogens with zero attached hydrogens (tertiary/aromatic N) is 1. The normalized spacial score (nSPS) is 11.2. The Kier molecular flexibility index (Phi) is 7.42. The Morgan fingerprint density at radius 1 is 1.12 bits per heavy atom. The van der Waals surface area contributed by atoms with E-state index in [4.69, 9.17) is 0 Å². The molecule has 2 aromatic rings. The van der Waals surface area contributed by atoms with Crippen LogP contribution in [-0.2, 0) is 6.54 Å². The highest BCUT2D eigenvalue weighted by atomic mass is 16.1. The van der Waals surface area contributed by atoms with E-state index in [0.29, 0.717) is 5.56 Å². The zero-order valence-corrected chi connectivity index (χ0v) is 15.5. The minimum Gasteiger partial charge on any atom is -0.385 e. The zero-order valence-electron chi connectivity index (χ0n) is 15.5. The Labute approximate surface area is 151 Å². The Morgan fingerprint density at radius 2 is 1.92 bits per heavy atom. The van der Waals surface area contributed by atoms with Crippen LogP contribution in [0, 0.1) is 0 Å². The largest absolute Gasteiger partial charge is 0.385 e. The second kappa shape index (κ2) is 9.80. The molecular weight excluding hydrogens is 308 g/mol. The van der Waals surface area contributed by atoms with Crippen molar-refractivity contribution in [3.05, 3.63) is 71.3 Å². The maximum atomic E-state index is 12.5. The minimum atomic E-state index is 0.0267. The SMILES string of the molecule is CCCCNc1cccc(C(=O)/C=C/c2ccccc2CN(C)C)c1. The molecule has 0 aromatic heterocycles. The van der Waals surface area contributed by atoms with Crippen molar-refractivity contribution in [1.29, 1.82) is 0 Å². The quantitative estimate of drug-likeness (QED) is 0.403. The Hall–Kier alpha value is -2.39. The van der Waals surface area contributed by atoms with Crippen LogP contribution >= 0.6 is 0 Å². The first kappa shape index (κ1) is 18.9. The molecule has 0 spiro atoms. The van der Waals surface area contributed by atoms with Crippen molar-refractivity contribution in [2.45, 2.75) is 26.3 Å². The topological polar surface area (TPSA) is 32.3 Å². The molecule has 0 saturated heterocycles. The van der Waals surface area contributed by atoms with Crippen LogP contribution < -0.4 is 5.32 Å². The number of allylic oxidation sites excluding steroid dienone is 1. The number of nitrogens with one attached hydrogen (secondary N) is 1. The van der Waals surface area contributed by atoms with Gasteiger partial charge in [0.25, 0.3) is 0 Å². The van der Waals surface area contributed by atoms with Gasteiger partial charge in [0.15, 0.2) is 5.78 Å². The summed E-state index contributed by atoms with van der Waals surface area (Å²) in [5, 5.41) is 3.36. The lowest BCUT2D eigenvalue weighted by Gasteiger charge is -2.12. The van der Waals surface area contributed by atoms with Crippen molar-refractivity contribution in [2.75, 3.05) is 26.0 Å². The first-order valence-corrected chi connectivity index (χ1v) is 8.89. The number of anilines is 1. The number of rotatable bonds is 9. The molecule has 132 valence electrons. The molecule has 2 rings (SSSR count). The molecule has 0 heterocycles. The Balaban J connectivity index is 2.09. The van der Waals surface area contributed by atoms with Crippen LogP contribution in [0.3, 0.4) is 0 Å². The highest BCUT2D eigenvalue weighted by Crippen LogP contribution is 2.15. The molecule has 0 unspecified atom stereocenters. The molecule has 0 bridgehead atoms. The number of carbonyl (C=O) groups excluding carboxylic acids is 1. The number of ketones is 1. The average Bonchev–Trinajstić information content (AvgIpc) is 2.61. The molecule has 0 fully saturated rings. The van der Waals surface area contributed by atoms with Gasteiger partial charge in [-0.1, -0.05) is 55.8 Å². The van der Waals surface area contributed by atoms with Gasteiger partial charge in [0.1, 0.15) is 0 Å². The molecule has 1 N–H and O–H groups in total. The summed E-state index contributed by atoms with van der Waals surface area (Å²) >= 11 is 0. The van der Waals surface area contributed by atoms with Crippen LogP contribution in [0.15, 0.2) is 54.6 Å². The number of unbranched alkanes of at least 4 members (excludes halogenated alkanes) is 1. The van der Waals surface area contributed by atoms with Crippen molar-refractivity contribution >= 4 is 17.5 Å². The summed E-state index contributed by atoms with van der Waals surface area (Å²) in [4.78, 5) is 14.6. The van der Waals surface area contributed by atoms with E-state index in [2.05, 4.69) is 23.2 Å². The summed E-state index contributed by atoms with van der Waals surface area (Å²) in [5.41, 5.74) is 4.01. The summed E-state index contributed by atoms with van der Waals surface area (Å²) < 4.78 is 0. The maximum absolute atomic E-state index is 12.5. The standard InChI is InChI=1S/C22H28N2O/c1-4-5-15-23-21-12-8-11-19(16-21)22(25)14-13-18-9-6-7-10-20(18)17-24(2)3/h6-14,16,23H,4-5,15,17H2,1-3H3/b14-13+. The van der Waals surface area contributed by atoms with Crippen molar-refractivity contribution in [1.82, 2.24) is 4.90 Å². The Morgan fingerprint density at radius 3 is 2.68 bits per heavy atom. The smallest absolute Gasteiger partial charge is 0.185 e. The van der Waals surface area contributed by atoms with Crippen LogP contribution in [-0.4, -0.2) is 31.3 Å². The molecule has 0 radical (unpaired) electrons. The van der Waals surface area contributed by atoms with E-state index < -0.39 is 0 Å². The fraction of sp³-hybridized carbons (Fsp3) is 0.318. The molecule has 0 amide bonds. The summed E-state index contributed by atoms with van der Waals surface area (Å²) in [6.45, 7) is 3.95. The second-order valence-electron chi connectivity index (χ2n) is 6.50. The summed E-state index contributed by atoms with van der Waals surface area (Å²) in [6.07, 6.45) is 5.86. The van der Waals surface area contributed by atoms with E-state index in [1.807, 2.05) is 62.6 Å². The van der Waals surface area contributed by atoms with Crippen molar-refractivity contribution in [2.24, 2.45) is 0 Å². The number of benzene rings is 2. The van der Waals surface area contributed by atoms with Gasteiger partial charge in [-0.25, -0.2) is 0 Å². The van der Waals surface area contributed by atoms with E-state index in [1.54, 1.807) is 6.08 Å². The fourth-order valence-electron chi connectivity index (χ4n) is 2.64. The lowest BCUT2D eigenvalue weighted by Crippen LogP contribution is -2.11. The van der Waals surface area contributed by atoms with Crippen LogP contribution in [0.4, 0.5) is 5.69 Å². The molecule has 25 heavy (non-hydrogen) atoms. The molecule has 3 heteroatoms. The van der Waals surface area contributed by atoms with Gasteiger partial charge < -0.3 is 10.2 Å². The van der Waals surface area contributed by atoms with Gasteiger partial charge in [0, 0.05) is 24.3 Å². The number of hydrogen-bond acceptors (Lipinski definition) is 3. The van der Waals surface area contributed by atoms with E-state index in [-0.39, 0.29) is 5.78 Å². The molecule has 0 aliphatic heterocycles. The number of hydrogen-bond donors (Lipinski definition) is 1. The summed E-state index contributed by atoms with van der Waals surface area (Å²) in [5.74, 6) is 0.0267. The fourth-order valence-corrected chi connectivity index (χ4v) is 2.64. The van der Waals surface area contributed by atoms with E-state index in [0.717, 1.165) is 37.2 Å². The van der Waals surface area contributed by atoms with Crippen molar-refractivity contribution < 1.29 is 4.79 Å². The molecule has 3 nitrogen and oxygen atoms in total. The van der Waals surface area contributed by atoms with Crippen molar-refractivity contribution in [3.63, 3.8) is 0 Å². The first-order chi connectivity index (χ1) is 12.1. The Bertz CT molecular complexity index is 719. The van der Waals surface area contributed by atoms with Crippen molar-refractivity contribution in [3.8, 4) is 0 Å². The van der Waals surface area contributed by atoms with Gasteiger partial charge in [0.2, 0.25) is 0 Å². The van der Waals surface area contributed by atoms with Gasteiger partial charge in [-0.2, -0.15) is 0 Å². The first-order valence-electron chi connectivity index (χ1n) is 8.89. The monoisotopic (exact) mass is 336 g/mol. The predicted molar refractivity (Wildman–Crippen MR) is 107 cm³/mol. The molecule has 0 aliphatic rings. The van der Waals surface area contributed by atoms with E-state index in [9.17, 15) is 4.79 Å². The van der Waals surface area contributed by atoms with Crippen LogP contribution in [0.5, 0.6) is 0 Å².